The number of hydrogen-bond donors (Lipinski definition) is 0. The predicted molar refractivity (Wildman–Crippen MR) is 263 cm³/mol. The van der Waals surface area contributed by atoms with Gasteiger partial charge >= 0.3 is 0 Å². The van der Waals surface area contributed by atoms with Crippen molar-refractivity contribution in [3.05, 3.63) is 229 Å². The van der Waals surface area contributed by atoms with Crippen molar-refractivity contribution in [3.63, 3.8) is 0 Å². The molecule has 0 fully saturated rings. The van der Waals surface area contributed by atoms with Crippen LogP contribution < -0.4 is 0 Å². The highest BCUT2D eigenvalue weighted by Crippen LogP contribution is 2.62. The lowest BCUT2D eigenvalue weighted by molar-refractivity contribution is 0.669. The SMILES string of the molecule is c1ccc(-c2nc(-c3ccc4nc(-c5ccccc5)c5cc6c(cc5c4c3)C3(c4ccccc4S6)c4ccccc4-c4ccccc43)nc(-c3cccc4c3oc3ccccc34)n2)cc1. The van der Waals surface area contributed by atoms with Crippen LogP contribution in [0.5, 0.6) is 0 Å². The van der Waals surface area contributed by atoms with E-state index in [9.17, 15) is 0 Å². The van der Waals surface area contributed by atoms with Crippen molar-refractivity contribution in [1.82, 2.24) is 19.9 Å². The molecule has 302 valence electrons. The Morgan fingerprint density at radius 1 is 0.354 bits per heavy atom. The molecule has 65 heavy (non-hydrogen) atoms. The topological polar surface area (TPSA) is 64.7 Å². The first-order valence-corrected chi connectivity index (χ1v) is 22.7. The van der Waals surface area contributed by atoms with Gasteiger partial charge in [-0.1, -0.05) is 169 Å². The summed E-state index contributed by atoms with van der Waals surface area (Å²) in [5.41, 5.74) is 14.3. The summed E-state index contributed by atoms with van der Waals surface area (Å²) in [6.07, 6.45) is 0. The van der Waals surface area contributed by atoms with E-state index in [1.165, 1.54) is 43.2 Å². The minimum absolute atomic E-state index is 0.524. The molecule has 0 saturated carbocycles. The van der Waals surface area contributed by atoms with Crippen LogP contribution in [0.15, 0.2) is 220 Å². The lowest BCUT2D eigenvalue weighted by atomic mass is 9.67. The van der Waals surface area contributed by atoms with E-state index >= 15 is 0 Å². The first-order valence-electron chi connectivity index (χ1n) is 21.9. The van der Waals surface area contributed by atoms with Gasteiger partial charge in [0.2, 0.25) is 0 Å². The number of pyridine rings is 1. The van der Waals surface area contributed by atoms with Gasteiger partial charge in [-0.2, -0.15) is 0 Å². The molecule has 0 bridgehead atoms. The number of furan rings is 1. The van der Waals surface area contributed by atoms with Crippen LogP contribution in [-0.2, 0) is 5.41 Å². The van der Waals surface area contributed by atoms with E-state index < -0.39 is 5.41 Å². The molecule has 3 aromatic heterocycles. The molecule has 6 heteroatoms. The molecule has 1 aliphatic heterocycles. The molecule has 5 nitrogen and oxygen atoms in total. The Bertz CT molecular complexity index is 3890. The summed E-state index contributed by atoms with van der Waals surface area (Å²) in [5, 5.41) is 5.33. The quantitative estimate of drug-likeness (QED) is 0.164. The standard InChI is InChI=1S/C59H34N4OS/c1-3-16-35(17-4-1)54-45-34-53-49(59(48-27-12-14-29-52(48)65-53)46-25-10-7-20-38(46)39-21-8-11-26-47(39)59)33-43(45)44-32-37(30-31-50(44)60-54)57-61-56(36-18-5-2-6-19-36)62-58(63-57)42-24-15-23-41-40-22-9-13-28-51(40)64-55(41)42/h1-34H. The van der Waals surface area contributed by atoms with Gasteiger partial charge in [0.15, 0.2) is 17.5 Å². The molecule has 0 saturated heterocycles. The van der Waals surface area contributed by atoms with Crippen molar-refractivity contribution in [2.24, 2.45) is 0 Å². The Morgan fingerprint density at radius 3 is 1.75 bits per heavy atom. The summed E-state index contributed by atoms with van der Waals surface area (Å²) in [6, 6.07) is 73.3. The van der Waals surface area contributed by atoms with Gasteiger partial charge in [0.1, 0.15) is 11.2 Å². The van der Waals surface area contributed by atoms with Crippen molar-refractivity contribution in [2.75, 3.05) is 0 Å². The average Bonchev–Trinajstić information content (AvgIpc) is 3.90. The Balaban J connectivity index is 1.05. The van der Waals surface area contributed by atoms with Crippen molar-refractivity contribution in [2.45, 2.75) is 15.2 Å². The number of hydrogen-bond acceptors (Lipinski definition) is 6. The zero-order chi connectivity index (χ0) is 42.6. The molecule has 12 aromatic rings. The molecule has 1 aliphatic carbocycles. The van der Waals surface area contributed by atoms with Crippen LogP contribution in [0.4, 0.5) is 0 Å². The van der Waals surface area contributed by atoms with Gasteiger partial charge in [0, 0.05) is 48.0 Å². The maximum absolute atomic E-state index is 6.52. The van der Waals surface area contributed by atoms with Gasteiger partial charge in [-0.3, -0.25) is 0 Å². The minimum atomic E-state index is -0.524. The van der Waals surface area contributed by atoms with Crippen LogP contribution in [0.3, 0.4) is 0 Å². The molecular formula is C59H34N4OS. The number of fused-ring (bicyclic) bond motifs is 15. The Hall–Kier alpha value is -8.19. The normalized spacial score (nSPS) is 13.3. The van der Waals surface area contributed by atoms with E-state index in [1.807, 2.05) is 66.4 Å². The van der Waals surface area contributed by atoms with Crippen LogP contribution in [0, 0.1) is 0 Å². The highest BCUT2D eigenvalue weighted by atomic mass is 32.2. The van der Waals surface area contributed by atoms with Crippen LogP contribution >= 0.6 is 11.8 Å². The average molecular weight is 847 g/mol. The second-order valence-corrected chi connectivity index (χ2v) is 17.9. The van der Waals surface area contributed by atoms with Gasteiger partial charge in [0.25, 0.3) is 0 Å². The summed E-state index contributed by atoms with van der Waals surface area (Å²) in [6.45, 7) is 0. The maximum atomic E-state index is 6.52. The highest BCUT2D eigenvalue weighted by Gasteiger charge is 2.50. The number of nitrogens with zero attached hydrogens (tertiary/aromatic N) is 4. The minimum Gasteiger partial charge on any atom is -0.455 e. The molecule has 1 spiro atoms. The summed E-state index contributed by atoms with van der Waals surface area (Å²) in [5.74, 6) is 1.71. The second kappa shape index (κ2) is 13.9. The van der Waals surface area contributed by atoms with Gasteiger partial charge in [-0.05, 0) is 87.3 Å². The molecule has 2 aliphatic rings. The predicted octanol–water partition coefficient (Wildman–Crippen LogP) is 15.0. The third-order valence-corrected chi connectivity index (χ3v) is 14.5. The third kappa shape index (κ3) is 5.29. The fraction of sp³-hybridized carbons (Fsp3) is 0.0169. The largest absolute Gasteiger partial charge is 0.455 e. The van der Waals surface area contributed by atoms with Crippen molar-refractivity contribution in [3.8, 4) is 56.5 Å². The Kier molecular flexibility index (Phi) is 7.77. The van der Waals surface area contributed by atoms with E-state index in [1.54, 1.807) is 0 Å². The molecule has 0 unspecified atom stereocenters. The summed E-state index contributed by atoms with van der Waals surface area (Å²) in [7, 11) is 0. The smallest absolute Gasteiger partial charge is 0.167 e. The van der Waals surface area contributed by atoms with E-state index in [0.29, 0.717) is 17.5 Å². The summed E-state index contributed by atoms with van der Waals surface area (Å²) >= 11 is 1.86. The van der Waals surface area contributed by atoms with E-state index in [4.69, 9.17) is 24.4 Å². The molecule has 4 heterocycles. The highest BCUT2D eigenvalue weighted by molar-refractivity contribution is 7.99. The zero-order valence-electron chi connectivity index (χ0n) is 34.7. The maximum Gasteiger partial charge on any atom is 0.167 e. The monoisotopic (exact) mass is 846 g/mol. The number of benzene rings is 9. The lowest BCUT2D eigenvalue weighted by Gasteiger charge is -2.40. The van der Waals surface area contributed by atoms with Crippen LogP contribution in [-0.4, -0.2) is 19.9 Å². The van der Waals surface area contributed by atoms with E-state index in [0.717, 1.165) is 71.6 Å². The molecule has 14 rings (SSSR count). The Labute approximate surface area is 378 Å². The van der Waals surface area contributed by atoms with E-state index in [-0.39, 0.29) is 0 Å². The fourth-order valence-corrected chi connectivity index (χ4v) is 11.8. The molecular weight excluding hydrogens is 813 g/mol. The summed E-state index contributed by atoms with van der Waals surface area (Å²) in [4.78, 5) is 23.6. The van der Waals surface area contributed by atoms with Gasteiger partial charge in [-0.15, -0.1) is 0 Å². The molecule has 0 atom stereocenters. The van der Waals surface area contributed by atoms with Gasteiger partial charge in [-0.25, -0.2) is 19.9 Å². The molecule has 0 radical (unpaired) electrons. The second-order valence-electron chi connectivity index (χ2n) is 16.8. The number of para-hydroxylation sites is 2. The van der Waals surface area contributed by atoms with Gasteiger partial charge < -0.3 is 4.42 Å². The Morgan fingerprint density at radius 2 is 0.969 bits per heavy atom. The van der Waals surface area contributed by atoms with E-state index in [2.05, 4.69) is 152 Å². The van der Waals surface area contributed by atoms with Crippen LogP contribution in [0.1, 0.15) is 22.3 Å². The number of aromatic nitrogens is 4. The lowest BCUT2D eigenvalue weighted by Crippen LogP contribution is -2.32. The third-order valence-electron chi connectivity index (χ3n) is 13.4. The van der Waals surface area contributed by atoms with Crippen molar-refractivity contribution < 1.29 is 4.42 Å². The van der Waals surface area contributed by atoms with Crippen LogP contribution in [0.2, 0.25) is 0 Å². The molecule has 0 N–H and O–H groups in total. The molecule has 9 aromatic carbocycles. The zero-order valence-corrected chi connectivity index (χ0v) is 35.6. The fourth-order valence-electron chi connectivity index (χ4n) is 10.6. The number of rotatable bonds is 4. The van der Waals surface area contributed by atoms with Gasteiger partial charge in [0.05, 0.1) is 22.2 Å². The summed E-state index contributed by atoms with van der Waals surface area (Å²) < 4.78 is 6.52. The van der Waals surface area contributed by atoms with Crippen molar-refractivity contribution in [1.29, 1.82) is 0 Å². The van der Waals surface area contributed by atoms with Crippen molar-refractivity contribution >= 4 is 55.4 Å². The molecule has 0 amide bonds. The first-order chi connectivity index (χ1) is 32.2. The first kappa shape index (κ1) is 36.3. The van der Waals surface area contributed by atoms with Crippen LogP contribution in [0.25, 0.3) is 100 Å².